The highest BCUT2D eigenvalue weighted by molar-refractivity contribution is 6.35. The summed E-state index contributed by atoms with van der Waals surface area (Å²) in [6.45, 7) is 4.83. The molecule has 3 aromatic heterocycles. The molecule has 5 rings (SSSR count). The van der Waals surface area contributed by atoms with Crippen molar-refractivity contribution >= 4 is 17.4 Å². The van der Waals surface area contributed by atoms with Crippen molar-refractivity contribution in [1.29, 1.82) is 0 Å². The maximum absolute atomic E-state index is 15.1. The number of aromatic nitrogens is 5. The Morgan fingerprint density at radius 2 is 1.92 bits per heavy atom. The van der Waals surface area contributed by atoms with Crippen molar-refractivity contribution in [3.63, 3.8) is 0 Å². The summed E-state index contributed by atoms with van der Waals surface area (Å²) in [6.07, 6.45) is 2.56. The van der Waals surface area contributed by atoms with Crippen LogP contribution in [-0.2, 0) is 13.1 Å². The van der Waals surface area contributed by atoms with E-state index in [-0.39, 0.29) is 23.0 Å². The Balaban J connectivity index is 1.60. The standard InChI is InChI=1S/C25H25ClFN7O3/c1-13-21(14(2)37-33-13)23-22(26)25(34-10-19-20(11-34)30-7-6-29-19)32-24(31-23)17-8-16(4-5-18(17)27)36-12-15(35)9-28-3/h4-8,15,28,35H,9-12H2,1-3H3/t15-/m1/s1. The van der Waals surface area contributed by atoms with Crippen LogP contribution in [0.1, 0.15) is 22.8 Å². The van der Waals surface area contributed by atoms with Gasteiger partial charge in [-0.2, -0.15) is 0 Å². The van der Waals surface area contributed by atoms with E-state index >= 15 is 4.39 Å². The number of nitrogens with one attached hydrogen (secondary N) is 1. The van der Waals surface area contributed by atoms with E-state index in [9.17, 15) is 5.11 Å². The summed E-state index contributed by atoms with van der Waals surface area (Å²) in [5.74, 6) is 0.891. The highest BCUT2D eigenvalue weighted by Crippen LogP contribution is 2.40. The Hall–Kier alpha value is -3.67. The van der Waals surface area contributed by atoms with Crippen LogP contribution in [0, 0.1) is 19.7 Å². The lowest BCUT2D eigenvalue weighted by molar-refractivity contribution is 0.108. The molecule has 0 amide bonds. The molecule has 1 aromatic carbocycles. The molecule has 1 atom stereocenters. The second kappa shape index (κ2) is 10.4. The fourth-order valence-electron chi connectivity index (χ4n) is 4.23. The van der Waals surface area contributed by atoms with Crippen molar-refractivity contribution in [2.75, 3.05) is 25.1 Å². The molecule has 0 radical (unpaired) electrons. The molecule has 0 fully saturated rings. The fourth-order valence-corrected chi connectivity index (χ4v) is 4.53. The van der Waals surface area contributed by atoms with E-state index in [0.29, 0.717) is 53.9 Å². The smallest absolute Gasteiger partial charge is 0.165 e. The number of ether oxygens (including phenoxy) is 1. The maximum atomic E-state index is 15.1. The summed E-state index contributed by atoms with van der Waals surface area (Å²) in [5.41, 5.74) is 3.35. The van der Waals surface area contributed by atoms with Gasteiger partial charge in [0.25, 0.3) is 0 Å². The number of anilines is 1. The van der Waals surface area contributed by atoms with Crippen LogP contribution in [0.2, 0.25) is 5.02 Å². The van der Waals surface area contributed by atoms with Gasteiger partial charge in [-0.15, -0.1) is 0 Å². The van der Waals surface area contributed by atoms with Crippen molar-refractivity contribution in [2.24, 2.45) is 0 Å². The molecule has 192 valence electrons. The zero-order chi connectivity index (χ0) is 26.1. The highest BCUT2D eigenvalue weighted by atomic mass is 35.5. The zero-order valence-electron chi connectivity index (χ0n) is 20.5. The van der Waals surface area contributed by atoms with E-state index in [4.69, 9.17) is 20.9 Å². The normalized spacial score (nSPS) is 13.6. The third-order valence-electron chi connectivity index (χ3n) is 6.01. The molecular formula is C25H25ClFN7O3. The predicted octanol–water partition coefficient (Wildman–Crippen LogP) is 3.48. The molecule has 1 aliphatic heterocycles. The van der Waals surface area contributed by atoms with Crippen molar-refractivity contribution in [1.82, 2.24) is 30.4 Å². The van der Waals surface area contributed by atoms with Gasteiger partial charge in [0.05, 0.1) is 41.3 Å². The Labute approximate surface area is 217 Å². The number of aryl methyl sites for hydroxylation is 2. The zero-order valence-corrected chi connectivity index (χ0v) is 21.3. The van der Waals surface area contributed by atoms with Crippen molar-refractivity contribution in [2.45, 2.75) is 33.0 Å². The number of halogens is 2. The minimum Gasteiger partial charge on any atom is -0.491 e. The minimum atomic E-state index is -0.720. The molecule has 0 aliphatic carbocycles. The minimum absolute atomic E-state index is 0.0367. The Bertz CT molecular complexity index is 1400. The lowest BCUT2D eigenvalue weighted by Gasteiger charge is -2.20. The van der Waals surface area contributed by atoms with E-state index in [1.54, 1.807) is 33.3 Å². The first-order chi connectivity index (χ1) is 17.9. The second-order valence-electron chi connectivity index (χ2n) is 8.70. The van der Waals surface area contributed by atoms with Crippen LogP contribution in [0.25, 0.3) is 22.6 Å². The molecule has 0 spiro atoms. The average molecular weight is 526 g/mol. The molecule has 4 heterocycles. The summed E-state index contributed by atoms with van der Waals surface area (Å²) in [5, 5.41) is 17.2. The van der Waals surface area contributed by atoms with Crippen molar-refractivity contribution in [3.05, 3.63) is 64.3 Å². The van der Waals surface area contributed by atoms with Gasteiger partial charge in [0, 0.05) is 18.9 Å². The summed E-state index contributed by atoms with van der Waals surface area (Å²) >= 11 is 6.88. The number of nitrogens with zero attached hydrogens (tertiary/aromatic N) is 6. The van der Waals surface area contributed by atoms with Gasteiger partial charge in [0.2, 0.25) is 0 Å². The first-order valence-electron chi connectivity index (χ1n) is 11.7. The number of hydrogen-bond acceptors (Lipinski definition) is 10. The van der Waals surface area contributed by atoms with Gasteiger partial charge >= 0.3 is 0 Å². The number of benzene rings is 1. The van der Waals surface area contributed by atoms with Gasteiger partial charge in [0.1, 0.15) is 40.8 Å². The Kier molecular flexibility index (Phi) is 7.00. The van der Waals surface area contributed by atoms with Crippen LogP contribution in [0.4, 0.5) is 10.2 Å². The van der Waals surface area contributed by atoms with E-state index in [0.717, 1.165) is 11.4 Å². The average Bonchev–Trinajstić information content (AvgIpc) is 3.46. The molecule has 2 N–H and O–H groups in total. The third kappa shape index (κ3) is 4.97. The molecular weight excluding hydrogens is 501 g/mol. The first-order valence-corrected chi connectivity index (χ1v) is 12.0. The Morgan fingerprint density at radius 1 is 1.19 bits per heavy atom. The van der Waals surface area contributed by atoms with Gasteiger partial charge in [-0.3, -0.25) is 9.97 Å². The summed E-state index contributed by atoms with van der Waals surface area (Å²) in [6, 6.07) is 4.28. The molecule has 0 saturated carbocycles. The predicted molar refractivity (Wildman–Crippen MR) is 135 cm³/mol. The number of likely N-dealkylation sites (N-methyl/N-ethyl adjacent to an activating group) is 1. The lowest BCUT2D eigenvalue weighted by atomic mass is 10.1. The molecule has 37 heavy (non-hydrogen) atoms. The number of hydrogen-bond donors (Lipinski definition) is 2. The lowest BCUT2D eigenvalue weighted by Crippen LogP contribution is -2.29. The molecule has 0 unspecified atom stereocenters. The molecule has 0 bridgehead atoms. The van der Waals surface area contributed by atoms with Crippen LogP contribution in [0.15, 0.2) is 35.1 Å². The summed E-state index contributed by atoms with van der Waals surface area (Å²) in [7, 11) is 1.73. The SMILES string of the molecule is CNC[C@@H](O)COc1ccc(F)c(-c2nc(-c3c(C)noc3C)c(Cl)c(N3Cc4nccnc4C3)n2)c1. The van der Waals surface area contributed by atoms with Crippen molar-refractivity contribution in [3.8, 4) is 28.4 Å². The number of fused-ring (bicyclic) bond motifs is 1. The third-order valence-corrected chi connectivity index (χ3v) is 6.35. The topological polar surface area (TPSA) is 122 Å². The fraction of sp³-hybridized carbons (Fsp3) is 0.320. The van der Waals surface area contributed by atoms with Crippen molar-refractivity contribution < 1.29 is 18.8 Å². The summed E-state index contributed by atoms with van der Waals surface area (Å²) < 4.78 is 26.2. The summed E-state index contributed by atoms with van der Waals surface area (Å²) in [4.78, 5) is 20.1. The molecule has 0 saturated heterocycles. The maximum Gasteiger partial charge on any atom is 0.165 e. The number of aliphatic hydroxyl groups is 1. The second-order valence-corrected chi connectivity index (χ2v) is 9.08. The first kappa shape index (κ1) is 25.0. The van der Waals surface area contributed by atoms with E-state index < -0.39 is 11.9 Å². The van der Waals surface area contributed by atoms with Gasteiger partial charge in [0.15, 0.2) is 11.6 Å². The monoisotopic (exact) mass is 525 g/mol. The van der Waals surface area contributed by atoms with Crippen LogP contribution < -0.4 is 15.0 Å². The van der Waals surface area contributed by atoms with Gasteiger partial charge in [-0.05, 0) is 39.1 Å². The Morgan fingerprint density at radius 3 is 2.57 bits per heavy atom. The van der Waals surface area contributed by atoms with E-state index in [1.807, 2.05) is 4.90 Å². The molecule has 4 aromatic rings. The van der Waals surface area contributed by atoms with E-state index in [1.165, 1.54) is 18.2 Å². The van der Waals surface area contributed by atoms with Crippen LogP contribution in [0.3, 0.4) is 0 Å². The molecule has 1 aliphatic rings. The van der Waals surface area contributed by atoms with Crippen LogP contribution in [-0.4, -0.2) is 56.5 Å². The highest BCUT2D eigenvalue weighted by Gasteiger charge is 2.29. The quantitative estimate of drug-likeness (QED) is 0.353. The molecule has 10 nitrogen and oxygen atoms in total. The van der Waals surface area contributed by atoms with Crippen LogP contribution >= 0.6 is 11.6 Å². The number of aliphatic hydroxyl groups excluding tert-OH is 1. The van der Waals surface area contributed by atoms with Gasteiger partial charge < -0.3 is 24.6 Å². The van der Waals surface area contributed by atoms with E-state index in [2.05, 4.69) is 30.4 Å². The van der Waals surface area contributed by atoms with Gasteiger partial charge in [-0.25, -0.2) is 14.4 Å². The molecule has 12 heteroatoms. The number of rotatable bonds is 8. The largest absolute Gasteiger partial charge is 0.491 e. The van der Waals surface area contributed by atoms with Gasteiger partial charge in [-0.1, -0.05) is 16.8 Å². The van der Waals surface area contributed by atoms with Crippen LogP contribution in [0.5, 0.6) is 5.75 Å².